The van der Waals surface area contributed by atoms with E-state index in [9.17, 15) is 13.2 Å². The number of aromatic nitrogens is 2. The molecule has 0 N–H and O–H groups in total. The third-order valence-electron chi connectivity index (χ3n) is 4.63. The molecule has 0 radical (unpaired) electrons. The summed E-state index contributed by atoms with van der Waals surface area (Å²) in [6.45, 7) is 5.46. The Balaban J connectivity index is 2.16. The van der Waals surface area contributed by atoms with Crippen molar-refractivity contribution < 1.29 is 22.7 Å². The van der Waals surface area contributed by atoms with Crippen molar-refractivity contribution in [1.82, 2.24) is 9.78 Å². The number of carbonyl (C=O) groups excluding carboxylic acids is 1. The molecule has 0 amide bonds. The minimum absolute atomic E-state index is 0.109. The Kier molecular flexibility index (Phi) is 4.86. The van der Waals surface area contributed by atoms with Crippen molar-refractivity contribution >= 4 is 20.9 Å². The predicted octanol–water partition coefficient (Wildman–Crippen LogP) is 2.12. The fraction of sp³-hybridized carbons (Fsp3) is 0.389. The molecule has 1 fully saturated rings. The number of ether oxygens (including phenoxy) is 2. The number of hydrogen-bond donors (Lipinski definition) is 0. The van der Waals surface area contributed by atoms with Crippen LogP contribution in [0.25, 0.3) is 0 Å². The summed E-state index contributed by atoms with van der Waals surface area (Å²) in [7, 11) is 0.458. The Bertz CT molecular complexity index is 969. The number of carbonyl (C=O) groups is 1. The summed E-state index contributed by atoms with van der Waals surface area (Å²) in [5.41, 5.74) is 0.966. The van der Waals surface area contributed by atoms with E-state index in [1.54, 1.807) is 11.6 Å². The zero-order chi connectivity index (χ0) is 19.0. The Morgan fingerprint density at radius 1 is 1.35 bits per heavy atom. The van der Waals surface area contributed by atoms with E-state index in [0.29, 0.717) is 17.2 Å². The van der Waals surface area contributed by atoms with Gasteiger partial charge in [-0.2, -0.15) is 13.5 Å². The Hall–Kier alpha value is -2.61. The molecule has 0 bridgehead atoms. The van der Waals surface area contributed by atoms with E-state index in [2.05, 4.69) is 11.7 Å². The molecule has 1 aromatic heterocycles. The van der Waals surface area contributed by atoms with Crippen LogP contribution in [0, 0.1) is 5.92 Å². The van der Waals surface area contributed by atoms with Crippen LogP contribution in [0.3, 0.4) is 0 Å². The van der Waals surface area contributed by atoms with Gasteiger partial charge in [0.15, 0.2) is 0 Å². The molecular formula is C18H20N2O5S. The topological polar surface area (TPSA) is 87.5 Å². The zero-order valence-electron chi connectivity index (χ0n) is 14.9. The van der Waals surface area contributed by atoms with E-state index in [4.69, 9.17) is 9.47 Å². The third kappa shape index (κ3) is 2.90. The Labute approximate surface area is 153 Å². The van der Waals surface area contributed by atoms with Crippen molar-refractivity contribution in [2.24, 2.45) is 5.92 Å². The van der Waals surface area contributed by atoms with Gasteiger partial charge >= 0.3 is 0 Å². The highest BCUT2D eigenvalue weighted by Crippen LogP contribution is 2.40. The fourth-order valence-corrected chi connectivity index (χ4v) is 3.76. The number of ketones is 1. The summed E-state index contributed by atoms with van der Waals surface area (Å²) in [5, 5.41) is 4.26. The standard InChI is InChI=1S/C18H20N2O5S/c1-5-12-10(2)15(26(22)23)8-13(17(12)24-3)16(21)14-9-19-20(11-6-7-11)18(14)25-4/h5,8-11H,1,6-7H2,2-4H3. The van der Waals surface area contributed by atoms with Gasteiger partial charge in [-0.3, -0.25) is 4.79 Å². The molecule has 0 spiro atoms. The second kappa shape index (κ2) is 6.95. The molecule has 0 saturated heterocycles. The van der Waals surface area contributed by atoms with Crippen LogP contribution in [0.5, 0.6) is 5.88 Å². The average molecular weight is 376 g/mol. The minimum atomic E-state index is -2.47. The van der Waals surface area contributed by atoms with Crippen molar-refractivity contribution in [3.63, 3.8) is 0 Å². The molecule has 1 saturated carbocycles. The van der Waals surface area contributed by atoms with Gasteiger partial charge in [0.25, 0.3) is 0 Å². The van der Waals surface area contributed by atoms with Gasteiger partial charge in [0.2, 0.25) is 22.0 Å². The fourth-order valence-electron chi connectivity index (χ4n) is 3.13. The van der Waals surface area contributed by atoms with Gasteiger partial charge in [0.1, 0.15) is 11.3 Å². The largest absolute Gasteiger partial charge is 0.496 e. The van der Waals surface area contributed by atoms with E-state index in [-0.39, 0.29) is 22.0 Å². The van der Waals surface area contributed by atoms with Crippen LogP contribution in [0.15, 0.2) is 41.8 Å². The minimum Gasteiger partial charge on any atom is -0.496 e. The summed E-state index contributed by atoms with van der Waals surface area (Å²) in [6, 6.07) is 0.240. The van der Waals surface area contributed by atoms with Crippen LogP contribution in [-0.2, 0) is 15.0 Å². The quantitative estimate of drug-likeness (QED) is 0.558. The van der Waals surface area contributed by atoms with Gasteiger partial charge in [-0.1, -0.05) is 19.6 Å². The van der Waals surface area contributed by atoms with Crippen molar-refractivity contribution in [2.75, 3.05) is 14.2 Å². The summed E-state index contributed by atoms with van der Waals surface area (Å²) >= 11 is 0. The number of allylic oxidation sites excluding steroid dienone is 4. The van der Waals surface area contributed by atoms with Crippen LogP contribution in [0.2, 0.25) is 0 Å². The second-order valence-corrected chi connectivity index (χ2v) is 7.12. The first-order valence-corrected chi connectivity index (χ1v) is 9.27. The van der Waals surface area contributed by atoms with Crippen LogP contribution < -0.4 is 4.74 Å². The van der Waals surface area contributed by atoms with Gasteiger partial charge in [0, 0.05) is 11.5 Å². The SMILES string of the molecule is C=CC1=C(OC)C(C(=O)c2cnn(C3CC3)c2OC)=CC(=S(=O)=O)C1C. The number of nitrogens with zero attached hydrogens (tertiary/aromatic N) is 2. The highest BCUT2D eigenvalue weighted by atomic mass is 32.2. The van der Waals surface area contributed by atoms with E-state index in [1.807, 2.05) is 0 Å². The van der Waals surface area contributed by atoms with Crippen molar-refractivity contribution in [3.8, 4) is 5.88 Å². The van der Waals surface area contributed by atoms with Crippen LogP contribution in [0.4, 0.5) is 0 Å². The molecule has 2 aliphatic rings. The molecule has 1 heterocycles. The number of rotatable bonds is 6. The third-order valence-corrected chi connectivity index (χ3v) is 5.48. The molecule has 1 aromatic rings. The summed E-state index contributed by atoms with van der Waals surface area (Å²) in [5.74, 6) is -0.168. The lowest BCUT2D eigenvalue weighted by Crippen LogP contribution is -2.23. The summed E-state index contributed by atoms with van der Waals surface area (Å²) < 4.78 is 35.8. The maximum absolute atomic E-state index is 13.2. The zero-order valence-corrected chi connectivity index (χ0v) is 15.7. The number of hydrogen-bond acceptors (Lipinski definition) is 6. The molecule has 1 unspecified atom stereocenters. The van der Waals surface area contributed by atoms with Gasteiger partial charge in [-0.05, 0) is 18.9 Å². The van der Waals surface area contributed by atoms with E-state index in [0.717, 1.165) is 12.8 Å². The molecule has 8 heteroatoms. The van der Waals surface area contributed by atoms with Crippen LogP contribution >= 0.6 is 0 Å². The van der Waals surface area contributed by atoms with Gasteiger partial charge < -0.3 is 9.47 Å². The molecule has 3 rings (SSSR count). The Morgan fingerprint density at radius 2 is 2.04 bits per heavy atom. The predicted molar refractivity (Wildman–Crippen MR) is 96.8 cm³/mol. The summed E-state index contributed by atoms with van der Waals surface area (Å²) in [4.78, 5) is 13.3. The first kappa shape index (κ1) is 18.2. The molecule has 7 nitrogen and oxygen atoms in total. The first-order chi connectivity index (χ1) is 12.4. The molecule has 26 heavy (non-hydrogen) atoms. The van der Waals surface area contributed by atoms with Crippen LogP contribution in [-0.4, -0.2) is 43.1 Å². The van der Waals surface area contributed by atoms with E-state index < -0.39 is 22.0 Å². The van der Waals surface area contributed by atoms with Crippen molar-refractivity contribution in [3.05, 3.63) is 47.4 Å². The molecule has 2 aliphatic carbocycles. The molecule has 0 aliphatic heterocycles. The highest BCUT2D eigenvalue weighted by molar-refractivity contribution is 7.73. The average Bonchev–Trinajstić information content (AvgIpc) is 3.38. The summed E-state index contributed by atoms with van der Waals surface area (Å²) in [6.07, 6.45) is 6.30. The molecule has 138 valence electrons. The van der Waals surface area contributed by atoms with Crippen molar-refractivity contribution in [2.45, 2.75) is 25.8 Å². The van der Waals surface area contributed by atoms with Crippen LogP contribution in [0.1, 0.15) is 36.2 Å². The molecular weight excluding hydrogens is 356 g/mol. The molecule has 0 aromatic carbocycles. The lowest BCUT2D eigenvalue weighted by atomic mass is 9.85. The second-order valence-electron chi connectivity index (χ2n) is 6.18. The smallest absolute Gasteiger partial charge is 0.223 e. The van der Waals surface area contributed by atoms with E-state index in [1.165, 1.54) is 32.6 Å². The monoisotopic (exact) mass is 376 g/mol. The highest BCUT2D eigenvalue weighted by Gasteiger charge is 2.34. The van der Waals surface area contributed by atoms with Crippen molar-refractivity contribution in [1.29, 1.82) is 0 Å². The number of Topliss-reactive ketones (excluding diaryl/α,β-unsaturated/α-hetero) is 1. The van der Waals surface area contributed by atoms with Gasteiger partial charge in [0.05, 0.1) is 36.9 Å². The normalized spacial score (nSPS) is 19.9. The Morgan fingerprint density at radius 3 is 2.54 bits per heavy atom. The van der Waals surface area contributed by atoms with E-state index >= 15 is 0 Å². The first-order valence-electron chi connectivity index (χ1n) is 8.19. The molecule has 1 atom stereocenters. The maximum atomic E-state index is 13.2. The van der Waals surface area contributed by atoms with Gasteiger partial charge in [-0.25, -0.2) is 4.68 Å². The lowest BCUT2D eigenvalue weighted by molar-refractivity contribution is 0.102. The van der Waals surface area contributed by atoms with Gasteiger partial charge in [-0.15, -0.1) is 0 Å². The number of methoxy groups -OCH3 is 2. The lowest BCUT2D eigenvalue weighted by Gasteiger charge is -2.23. The maximum Gasteiger partial charge on any atom is 0.223 e.